The molecule has 28 heavy (non-hydrogen) atoms. The third kappa shape index (κ3) is 3.73. The molecule has 0 aliphatic carbocycles. The van der Waals surface area contributed by atoms with Crippen LogP contribution in [0.2, 0.25) is 0 Å². The van der Waals surface area contributed by atoms with Crippen molar-refractivity contribution in [1.29, 1.82) is 0 Å². The molecule has 1 aliphatic rings. The summed E-state index contributed by atoms with van der Waals surface area (Å²) in [7, 11) is 0. The van der Waals surface area contributed by atoms with Gasteiger partial charge in [-0.1, -0.05) is 30.3 Å². The van der Waals surface area contributed by atoms with E-state index in [1.54, 1.807) is 42.4 Å². The Bertz CT molecular complexity index is 912. The Morgan fingerprint density at radius 3 is 2.57 bits per heavy atom. The molecule has 3 rings (SSSR count). The maximum atomic E-state index is 12.7. The summed E-state index contributed by atoms with van der Waals surface area (Å²) in [6.07, 6.45) is -5.03. The van der Waals surface area contributed by atoms with Gasteiger partial charge in [0.2, 0.25) is 29.5 Å². The van der Waals surface area contributed by atoms with Gasteiger partial charge in [-0.3, -0.25) is 29.7 Å². The van der Waals surface area contributed by atoms with Gasteiger partial charge in [0.1, 0.15) is 0 Å². The largest absolute Gasteiger partial charge is 0.451 e. The summed E-state index contributed by atoms with van der Waals surface area (Å²) in [5, 5.41) is 7.03. The maximum absolute atomic E-state index is 12.7. The predicted octanol–water partition coefficient (Wildman–Crippen LogP) is 1.87. The second kappa shape index (κ2) is 7.06. The lowest BCUT2D eigenvalue weighted by Crippen LogP contribution is -2.38. The molecular formula is C17H16F3N5O3. The number of amides is 3. The van der Waals surface area contributed by atoms with Crippen LogP contribution in [0.25, 0.3) is 0 Å². The van der Waals surface area contributed by atoms with Gasteiger partial charge < -0.3 is 0 Å². The van der Waals surface area contributed by atoms with Gasteiger partial charge in [0.25, 0.3) is 0 Å². The van der Waals surface area contributed by atoms with Crippen molar-refractivity contribution in [2.45, 2.75) is 31.4 Å². The molecule has 0 radical (unpaired) electrons. The van der Waals surface area contributed by atoms with Crippen molar-refractivity contribution in [2.75, 3.05) is 11.9 Å². The number of aromatic nitrogens is 3. The summed E-state index contributed by atoms with van der Waals surface area (Å²) >= 11 is 0. The number of rotatable bonds is 5. The smallest absolute Gasteiger partial charge is 0.293 e. The van der Waals surface area contributed by atoms with Crippen molar-refractivity contribution in [2.24, 2.45) is 0 Å². The van der Waals surface area contributed by atoms with Crippen molar-refractivity contribution < 1.29 is 27.6 Å². The quantitative estimate of drug-likeness (QED) is 0.752. The lowest BCUT2D eigenvalue weighted by atomic mass is 9.81. The zero-order chi connectivity index (χ0) is 20.5. The van der Waals surface area contributed by atoms with E-state index in [1.165, 1.54) is 0 Å². The van der Waals surface area contributed by atoms with Crippen LogP contribution in [0.5, 0.6) is 0 Å². The Morgan fingerprint density at radius 1 is 1.29 bits per heavy atom. The van der Waals surface area contributed by atoms with Crippen LogP contribution in [-0.4, -0.2) is 44.3 Å². The predicted molar refractivity (Wildman–Crippen MR) is 89.8 cm³/mol. The average Bonchev–Trinajstić information content (AvgIpc) is 3.18. The molecule has 2 heterocycles. The Balaban J connectivity index is 1.61. The first-order chi connectivity index (χ1) is 13.1. The molecule has 1 saturated heterocycles. The number of carbonyl (C=O) groups is 3. The fourth-order valence-corrected chi connectivity index (χ4v) is 2.99. The van der Waals surface area contributed by atoms with Crippen molar-refractivity contribution in [3.05, 3.63) is 41.7 Å². The minimum Gasteiger partial charge on any atom is -0.293 e. The van der Waals surface area contributed by atoms with E-state index in [0.717, 1.165) is 4.90 Å². The van der Waals surface area contributed by atoms with Crippen LogP contribution in [0.3, 0.4) is 0 Å². The zero-order valence-electron chi connectivity index (χ0n) is 14.7. The highest BCUT2D eigenvalue weighted by atomic mass is 19.4. The number of alkyl halides is 3. The normalized spacial score (nSPS) is 19.9. The topological polar surface area (TPSA) is 108 Å². The van der Waals surface area contributed by atoms with Gasteiger partial charge >= 0.3 is 6.18 Å². The highest BCUT2D eigenvalue weighted by molar-refractivity contribution is 6.09. The lowest BCUT2D eigenvalue weighted by molar-refractivity contribution is -0.145. The molecule has 1 aliphatic heterocycles. The minimum atomic E-state index is -4.72. The summed E-state index contributed by atoms with van der Waals surface area (Å²) < 4.78 is 37.4. The van der Waals surface area contributed by atoms with E-state index in [-0.39, 0.29) is 19.4 Å². The fourth-order valence-electron chi connectivity index (χ4n) is 2.99. The Kier molecular flexibility index (Phi) is 4.92. The molecule has 0 saturated carbocycles. The number of nitrogens with zero attached hydrogens (tertiary/aromatic N) is 3. The van der Waals surface area contributed by atoms with Gasteiger partial charge in [0.15, 0.2) is 0 Å². The molecule has 148 valence electrons. The van der Waals surface area contributed by atoms with Gasteiger partial charge in [0, 0.05) is 19.4 Å². The van der Waals surface area contributed by atoms with Crippen molar-refractivity contribution >= 4 is 23.7 Å². The second-order valence-electron chi connectivity index (χ2n) is 6.53. The van der Waals surface area contributed by atoms with Crippen LogP contribution >= 0.6 is 0 Å². The summed E-state index contributed by atoms with van der Waals surface area (Å²) in [6, 6.07) is 8.83. The van der Waals surface area contributed by atoms with E-state index in [4.69, 9.17) is 0 Å². The molecule has 0 unspecified atom stereocenters. The molecule has 3 amide bonds. The van der Waals surface area contributed by atoms with Crippen LogP contribution in [0.4, 0.5) is 19.1 Å². The standard InChI is InChI=1S/C17H16F3N5O3/c1-16(10-5-3-2-4-6-10)9-12(27)25(14(16)28)8-7-11(26)21-15-22-13(23-24-15)17(18,19)20/h2-6H,7-9H2,1H3,(H2,21,22,23,24,26)/t16-/m0/s1. The second-order valence-corrected chi connectivity index (χ2v) is 6.53. The first-order valence-corrected chi connectivity index (χ1v) is 8.31. The molecule has 1 fully saturated rings. The van der Waals surface area contributed by atoms with Gasteiger partial charge in [-0.2, -0.15) is 18.2 Å². The summed E-state index contributed by atoms with van der Waals surface area (Å²) in [6.45, 7) is 1.47. The number of hydrogen-bond acceptors (Lipinski definition) is 5. The minimum absolute atomic E-state index is 0.0205. The van der Waals surface area contributed by atoms with Crippen molar-refractivity contribution in [3.63, 3.8) is 0 Å². The van der Waals surface area contributed by atoms with Gasteiger partial charge in [-0.15, -0.1) is 5.10 Å². The summed E-state index contributed by atoms with van der Waals surface area (Å²) in [5.41, 5.74) is -0.319. The number of halogens is 3. The molecule has 1 aromatic heterocycles. The Labute approximate surface area is 157 Å². The molecule has 0 spiro atoms. The molecule has 11 heteroatoms. The molecule has 1 aromatic carbocycles. The molecule has 1 atom stereocenters. The number of imide groups is 1. The molecule has 2 N–H and O–H groups in total. The zero-order valence-corrected chi connectivity index (χ0v) is 14.7. The van der Waals surface area contributed by atoms with Crippen LogP contribution in [0.15, 0.2) is 30.3 Å². The fraction of sp³-hybridized carbons (Fsp3) is 0.353. The SMILES string of the molecule is C[C@@]1(c2ccccc2)CC(=O)N(CCC(=O)Nc2n[nH]c(C(F)(F)F)n2)C1=O. The van der Waals surface area contributed by atoms with E-state index in [1.807, 2.05) is 0 Å². The molecule has 0 bridgehead atoms. The average molecular weight is 395 g/mol. The van der Waals surface area contributed by atoms with Crippen LogP contribution in [-0.2, 0) is 26.0 Å². The van der Waals surface area contributed by atoms with Gasteiger partial charge in [0.05, 0.1) is 5.41 Å². The maximum Gasteiger partial charge on any atom is 0.451 e. The highest BCUT2D eigenvalue weighted by Crippen LogP contribution is 2.36. The number of benzene rings is 1. The third-order valence-electron chi connectivity index (χ3n) is 4.50. The van der Waals surface area contributed by atoms with Crippen LogP contribution < -0.4 is 5.32 Å². The van der Waals surface area contributed by atoms with E-state index in [2.05, 4.69) is 15.4 Å². The van der Waals surface area contributed by atoms with Crippen molar-refractivity contribution in [3.8, 4) is 0 Å². The number of hydrogen-bond donors (Lipinski definition) is 2. The van der Waals surface area contributed by atoms with Crippen LogP contribution in [0.1, 0.15) is 31.2 Å². The van der Waals surface area contributed by atoms with Crippen molar-refractivity contribution in [1.82, 2.24) is 20.1 Å². The number of H-pyrrole nitrogens is 1. The third-order valence-corrected chi connectivity index (χ3v) is 4.50. The van der Waals surface area contributed by atoms with Crippen LogP contribution in [0, 0.1) is 0 Å². The van der Waals surface area contributed by atoms with Gasteiger partial charge in [-0.05, 0) is 12.5 Å². The summed E-state index contributed by atoms with van der Waals surface area (Å²) in [4.78, 5) is 41.1. The number of aromatic amines is 1. The number of nitrogens with one attached hydrogen (secondary N) is 2. The molecular weight excluding hydrogens is 379 g/mol. The first kappa shape index (κ1) is 19.5. The lowest BCUT2D eigenvalue weighted by Gasteiger charge is -2.22. The Morgan fingerprint density at radius 2 is 1.96 bits per heavy atom. The monoisotopic (exact) mass is 395 g/mol. The molecule has 8 nitrogen and oxygen atoms in total. The number of likely N-dealkylation sites (tertiary alicyclic amines) is 1. The van der Waals surface area contributed by atoms with E-state index >= 15 is 0 Å². The number of anilines is 1. The molecule has 2 aromatic rings. The van der Waals surface area contributed by atoms with Gasteiger partial charge in [-0.25, -0.2) is 0 Å². The van der Waals surface area contributed by atoms with E-state index < -0.39 is 41.1 Å². The Hall–Kier alpha value is -3.24. The van der Waals surface area contributed by atoms with E-state index in [0.29, 0.717) is 5.56 Å². The first-order valence-electron chi connectivity index (χ1n) is 8.31. The summed E-state index contributed by atoms with van der Waals surface area (Å²) in [5.74, 6) is -3.44. The van der Waals surface area contributed by atoms with E-state index in [9.17, 15) is 27.6 Å². The highest BCUT2D eigenvalue weighted by Gasteiger charge is 2.49. The number of carbonyl (C=O) groups excluding carboxylic acids is 3.